The van der Waals surface area contributed by atoms with Crippen molar-refractivity contribution in [3.05, 3.63) is 33.9 Å². The van der Waals surface area contributed by atoms with Gasteiger partial charge in [-0.25, -0.2) is 4.79 Å². The number of esters is 1. The standard InChI is InChI=1S/C19H24N4O5/c1-13(17(24)21-19(12-20)9-5-4-6-10-19)28-18(25)15-11-14(23(26)27)7-8-16(15)22(2)3/h7-8,11,13H,4-6,9-10H2,1-3H3,(H,21,24)/t13-/m1/s1. The first-order valence-electron chi connectivity index (χ1n) is 9.09. The van der Waals surface area contributed by atoms with Crippen LogP contribution in [0.3, 0.4) is 0 Å². The van der Waals surface area contributed by atoms with Gasteiger partial charge in [0.1, 0.15) is 5.54 Å². The first kappa shape index (κ1) is 21.2. The number of benzene rings is 1. The summed E-state index contributed by atoms with van der Waals surface area (Å²) in [5.41, 5.74) is -0.758. The van der Waals surface area contributed by atoms with Gasteiger partial charge < -0.3 is 15.0 Å². The molecule has 150 valence electrons. The van der Waals surface area contributed by atoms with Crippen LogP contribution in [0.5, 0.6) is 0 Å². The normalized spacial score (nSPS) is 16.4. The number of hydrogen-bond acceptors (Lipinski definition) is 7. The molecule has 1 aliphatic rings. The van der Waals surface area contributed by atoms with Crippen LogP contribution >= 0.6 is 0 Å². The number of nitro benzene ring substituents is 1. The molecule has 1 amide bonds. The summed E-state index contributed by atoms with van der Waals surface area (Å²) < 4.78 is 5.25. The first-order valence-corrected chi connectivity index (χ1v) is 9.09. The van der Waals surface area contributed by atoms with Gasteiger partial charge in [-0.2, -0.15) is 5.26 Å². The molecule has 1 aliphatic carbocycles. The maximum Gasteiger partial charge on any atom is 0.341 e. The Morgan fingerprint density at radius 2 is 1.96 bits per heavy atom. The number of non-ortho nitro benzene ring substituents is 1. The molecule has 1 N–H and O–H groups in total. The summed E-state index contributed by atoms with van der Waals surface area (Å²) in [6.45, 7) is 1.41. The van der Waals surface area contributed by atoms with E-state index in [-0.39, 0.29) is 11.3 Å². The predicted octanol–water partition coefficient (Wildman–Crippen LogP) is 2.55. The highest BCUT2D eigenvalue weighted by Crippen LogP contribution is 2.28. The van der Waals surface area contributed by atoms with E-state index in [1.807, 2.05) is 0 Å². The zero-order chi connectivity index (χ0) is 20.9. The first-order chi connectivity index (χ1) is 13.2. The van der Waals surface area contributed by atoms with Crippen LogP contribution in [0.4, 0.5) is 11.4 Å². The maximum absolute atomic E-state index is 12.6. The van der Waals surface area contributed by atoms with Crippen molar-refractivity contribution in [3.63, 3.8) is 0 Å². The molecular weight excluding hydrogens is 364 g/mol. The van der Waals surface area contributed by atoms with E-state index < -0.39 is 28.4 Å². The molecular formula is C19H24N4O5. The Bertz CT molecular complexity index is 809. The second-order valence-electron chi connectivity index (χ2n) is 7.14. The molecule has 0 unspecified atom stereocenters. The molecule has 1 saturated carbocycles. The van der Waals surface area contributed by atoms with Crippen LogP contribution in [0.25, 0.3) is 0 Å². The van der Waals surface area contributed by atoms with Gasteiger partial charge >= 0.3 is 5.97 Å². The third-order valence-corrected chi connectivity index (χ3v) is 4.83. The summed E-state index contributed by atoms with van der Waals surface area (Å²) in [4.78, 5) is 37.1. The predicted molar refractivity (Wildman–Crippen MR) is 102 cm³/mol. The van der Waals surface area contributed by atoms with Gasteiger partial charge in [-0.15, -0.1) is 0 Å². The van der Waals surface area contributed by atoms with Crippen molar-refractivity contribution in [3.8, 4) is 6.07 Å². The largest absolute Gasteiger partial charge is 0.449 e. The van der Waals surface area contributed by atoms with Gasteiger partial charge in [0.2, 0.25) is 0 Å². The van der Waals surface area contributed by atoms with Crippen molar-refractivity contribution in [1.29, 1.82) is 5.26 Å². The number of carbonyl (C=O) groups is 2. The summed E-state index contributed by atoms with van der Waals surface area (Å²) in [5.74, 6) is -1.40. The molecule has 0 spiro atoms. The van der Waals surface area contributed by atoms with Gasteiger partial charge in [0.25, 0.3) is 11.6 Å². The number of nitro groups is 1. The smallest absolute Gasteiger partial charge is 0.341 e. The lowest BCUT2D eigenvalue weighted by molar-refractivity contribution is -0.384. The molecule has 0 bridgehead atoms. The fourth-order valence-electron chi connectivity index (χ4n) is 3.23. The van der Waals surface area contributed by atoms with E-state index in [1.54, 1.807) is 19.0 Å². The molecule has 0 saturated heterocycles. The zero-order valence-corrected chi connectivity index (χ0v) is 16.2. The molecule has 0 radical (unpaired) electrons. The summed E-state index contributed by atoms with van der Waals surface area (Å²) >= 11 is 0. The van der Waals surface area contributed by atoms with E-state index in [2.05, 4.69) is 11.4 Å². The fourth-order valence-corrected chi connectivity index (χ4v) is 3.23. The molecule has 0 heterocycles. The Labute approximate surface area is 163 Å². The molecule has 9 heteroatoms. The minimum Gasteiger partial charge on any atom is -0.449 e. The van der Waals surface area contributed by atoms with E-state index in [0.29, 0.717) is 18.5 Å². The molecule has 9 nitrogen and oxygen atoms in total. The van der Waals surface area contributed by atoms with Crippen molar-refractivity contribution in [1.82, 2.24) is 5.32 Å². The molecule has 1 aromatic rings. The van der Waals surface area contributed by atoms with Crippen molar-refractivity contribution in [2.75, 3.05) is 19.0 Å². The van der Waals surface area contributed by atoms with Crippen LogP contribution in [0.1, 0.15) is 49.4 Å². The fraction of sp³-hybridized carbons (Fsp3) is 0.526. The average molecular weight is 388 g/mol. The number of nitriles is 1. The van der Waals surface area contributed by atoms with Gasteiger partial charge in [-0.3, -0.25) is 14.9 Å². The molecule has 28 heavy (non-hydrogen) atoms. The van der Waals surface area contributed by atoms with Gasteiger partial charge in [0.15, 0.2) is 6.10 Å². The minimum absolute atomic E-state index is 0.00786. The van der Waals surface area contributed by atoms with Crippen LogP contribution in [0, 0.1) is 21.4 Å². The van der Waals surface area contributed by atoms with Gasteiger partial charge in [-0.1, -0.05) is 19.3 Å². The van der Waals surface area contributed by atoms with Gasteiger partial charge in [0.05, 0.1) is 22.2 Å². The highest BCUT2D eigenvalue weighted by atomic mass is 16.6. The Balaban J connectivity index is 2.15. The average Bonchev–Trinajstić information content (AvgIpc) is 2.67. The van der Waals surface area contributed by atoms with Crippen molar-refractivity contribution in [2.45, 2.75) is 50.7 Å². The minimum atomic E-state index is -1.14. The van der Waals surface area contributed by atoms with E-state index in [9.17, 15) is 25.0 Å². The number of amides is 1. The number of nitrogens with one attached hydrogen (secondary N) is 1. The van der Waals surface area contributed by atoms with E-state index >= 15 is 0 Å². The quantitative estimate of drug-likeness (QED) is 0.451. The third-order valence-electron chi connectivity index (χ3n) is 4.83. The lowest BCUT2D eigenvalue weighted by Crippen LogP contribution is -2.52. The lowest BCUT2D eigenvalue weighted by Gasteiger charge is -2.32. The monoisotopic (exact) mass is 388 g/mol. The van der Waals surface area contributed by atoms with Crippen molar-refractivity contribution < 1.29 is 19.2 Å². The van der Waals surface area contributed by atoms with E-state index in [1.165, 1.54) is 19.1 Å². The van der Waals surface area contributed by atoms with Gasteiger partial charge in [-0.05, 0) is 25.8 Å². The van der Waals surface area contributed by atoms with Crippen LogP contribution in [0.15, 0.2) is 18.2 Å². The molecule has 1 atom stereocenters. The Hall–Kier alpha value is -3.15. The molecule has 0 aromatic heterocycles. The second kappa shape index (κ2) is 8.69. The topological polar surface area (TPSA) is 126 Å². The van der Waals surface area contributed by atoms with Crippen LogP contribution in [-0.2, 0) is 9.53 Å². The summed E-state index contributed by atoms with van der Waals surface area (Å²) in [5, 5.41) is 23.2. The van der Waals surface area contributed by atoms with Gasteiger partial charge in [0, 0.05) is 26.2 Å². The van der Waals surface area contributed by atoms with Crippen LogP contribution in [0.2, 0.25) is 0 Å². The summed E-state index contributed by atoms with van der Waals surface area (Å²) in [7, 11) is 3.38. The van der Waals surface area contributed by atoms with Crippen molar-refractivity contribution >= 4 is 23.3 Å². The van der Waals surface area contributed by atoms with Crippen LogP contribution in [-0.4, -0.2) is 42.5 Å². The number of rotatable bonds is 6. The number of hydrogen-bond donors (Lipinski definition) is 1. The summed E-state index contributed by atoms with van der Waals surface area (Å²) in [6.07, 6.45) is 2.69. The Morgan fingerprint density at radius 1 is 1.32 bits per heavy atom. The van der Waals surface area contributed by atoms with Crippen LogP contribution < -0.4 is 10.2 Å². The maximum atomic E-state index is 12.6. The SMILES string of the molecule is C[C@@H](OC(=O)c1cc([N+](=O)[O-])ccc1N(C)C)C(=O)NC1(C#N)CCCCC1. The highest BCUT2D eigenvalue weighted by molar-refractivity contribution is 5.98. The Kier molecular flexibility index (Phi) is 6.57. The third kappa shape index (κ3) is 4.76. The number of nitrogens with zero attached hydrogens (tertiary/aromatic N) is 3. The van der Waals surface area contributed by atoms with Crippen molar-refractivity contribution in [2.24, 2.45) is 0 Å². The summed E-state index contributed by atoms with van der Waals surface area (Å²) in [6, 6.07) is 6.05. The second-order valence-corrected chi connectivity index (χ2v) is 7.14. The number of ether oxygens (including phenoxy) is 1. The van der Waals surface area contributed by atoms with E-state index in [4.69, 9.17) is 4.74 Å². The highest BCUT2D eigenvalue weighted by Gasteiger charge is 2.35. The number of carbonyl (C=O) groups excluding carboxylic acids is 2. The zero-order valence-electron chi connectivity index (χ0n) is 16.2. The molecule has 2 rings (SSSR count). The van der Waals surface area contributed by atoms with E-state index in [0.717, 1.165) is 25.3 Å². The molecule has 1 aromatic carbocycles. The molecule has 1 fully saturated rings. The molecule has 0 aliphatic heterocycles. The number of anilines is 1. The lowest BCUT2D eigenvalue weighted by atomic mass is 9.83. The Morgan fingerprint density at radius 3 is 2.50 bits per heavy atom.